The summed E-state index contributed by atoms with van der Waals surface area (Å²) in [5.74, 6) is -0.239. The van der Waals surface area contributed by atoms with Crippen LogP contribution in [-0.2, 0) is 6.54 Å². The second kappa shape index (κ2) is 3.76. The second-order valence-corrected chi connectivity index (χ2v) is 2.67. The van der Waals surface area contributed by atoms with E-state index in [9.17, 15) is 9.90 Å². The van der Waals surface area contributed by atoms with Gasteiger partial charge in [-0.1, -0.05) is 6.92 Å². The monoisotopic (exact) mass is 178 g/mol. The molecule has 1 rings (SSSR count). The van der Waals surface area contributed by atoms with Gasteiger partial charge in [-0.3, -0.25) is 9.36 Å². The van der Waals surface area contributed by atoms with Gasteiger partial charge in [0, 0.05) is 12.6 Å². The van der Waals surface area contributed by atoms with Crippen LogP contribution in [0.4, 0.5) is 0 Å². The molecule has 0 fully saturated rings. The Morgan fingerprint density at radius 3 is 2.85 bits per heavy atom. The fourth-order valence-electron chi connectivity index (χ4n) is 1.10. The predicted octanol–water partition coefficient (Wildman–Crippen LogP) is 0.836. The first-order chi connectivity index (χ1) is 6.20. The van der Waals surface area contributed by atoms with Gasteiger partial charge in [0.05, 0.1) is 0 Å². The molecule has 1 heterocycles. The lowest BCUT2D eigenvalue weighted by Gasteiger charge is -2.06. The summed E-state index contributed by atoms with van der Waals surface area (Å²) in [5.41, 5.74) is -0.147. The minimum Gasteiger partial charge on any atom is -0.493 e. The van der Waals surface area contributed by atoms with Gasteiger partial charge >= 0.3 is 0 Å². The molecule has 0 aromatic carbocycles. The van der Waals surface area contributed by atoms with Crippen molar-refractivity contribution >= 4 is 0 Å². The van der Waals surface area contributed by atoms with Gasteiger partial charge in [-0.25, -0.2) is 0 Å². The molecule has 0 atom stereocenters. The Morgan fingerprint density at radius 1 is 1.62 bits per heavy atom. The Labute approximate surface area is 75.7 Å². The number of nitriles is 1. The Morgan fingerprint density at radius 2 is 2.31 bits per heavy atom. The van der Waals surface area contributed by atoms with Crippen molar-refractivity contribution in [2.45, 2.75) is 19.9 Å². The van der Waals surface area contributed by atoms with Crippen molar-refractivity contribution in [3.05, 3.63) is 28.0 Å². The molecule has 0 spiro atoms. The van der Waals surface area contributed by atoms with Gasteiger partial charge in [0.2, 0.25) is 5.88 Å². The smallest absolute Gasteiger partial charge is 0.253 e. The van der Waals surface area contributed by atoms with Crippen LogP contribution in [0.1, 0.15) is 18.9 Å². The van der Waals surface area contributed by atoms with Gasteiger partial charge < -0.3 is 5.11 Å². The SMILES string of the molecule is CCCn1c(O)c(C#N)ccc1=O. The van der Waals surface area contributed by atoms with Crippen LogP contribution < -0.4 is 5.56 Å². The molecule has 0 saturated carbocycles. The molecule has 0 aliphatic heterocycles. The molecule has 1 aromatic rings. The first-order valence-electron chi connectivity index (χ1n) is 4.03. The van der Waals surface area contributed by atoms with Crippen LogP contribution in [-0.4, -0.2) is 9.67 Å². The number of aromatic nitrogens is 1. The summed E-state index contributed by atoms with van der Waals surface area (Å²) in [6, 6.07) is 4.42. The lowest BCUT2D eigenvalue weighted by Crippen LogP contribution is -2.19. The highest BCUT2D eigenvalue weighted by atomic mass is 16.3. The normalized spacial score (nSPS) is 9.54. The van der Waals surface area contributed by atoms with E-state index in [2.05, 4.69) is 0 Å². The van der Waals surface area contributed by atoms with E-state index in [0.717, 1.165) is 6.42 Å². The number of hydrogen-bond acceptors (Lipinski definition) is 3. The van der Waals surface area contributed by atoms with E-state index in [0.29, 0.717) is 6.54 Å². The molecule has 0 saturated heterocycles. The van der Waals surface area contributed by atoms with Crippen molar-refractivity contribution < 1.29 is 5.11 Å². The minimum atomic E-state index is -0.279. The molecule has 1 N–H and O–H groups in total. The van der Waals surface area contributed by atoms with Crippen LogP contribution in [0, 0.1) is 11.3 Å². The lowest BCUT2D eigenvalue weighted by molar-refractivity contribution is 0.403. The van der Waals surface area contributed by atoms with Gasteiger partial charge in [0.25, 0.3) is 5.56 Å². The molecule has 4 heteroatoms. The second-order valence-electron chi connectivity index (χ2n) is 2.67. The molecular weight excluding hydrogens is 168 g/mol. The fraction of sp³-hybridized carbons (Fsp3) is 0.333. The maximum absolute atomic E-state index is 11.2. The van der Waals surface area contributed by atoms with Crippen LogP contribution in [0.25, 0.3) is 0 Å². The Bertz CT molecular complexity index is 401. The molecule has 13 heavy (non-hydrogen) atoms. The average molecular weight is 178 g/mol. The maximum Gasteiger partial charge on any atom is 0.253 e. The highest BCUT2D eigenvalue weighted by Gasteiger charge is 2.06. The van der Waals surface area contributed by atoms with E-state index >= 15 is 0 Å². The number of aromatic hydroxyl groups is 1. The van der Waals surface area contributed by atoms with Crippen molar-refractivity contribution in [1.82, 2.24) is 4.57 Å². The summed E-state index contributed by atoms with van der Waals surface area (Å²) in [6.45, 7) is 2.32. The van der Waals surface area contributed by atoms with Gasteiger partial charge in [-0.2, -0.15) is 5.26 Å². The fourth-order valence-corrected chi connectivity index (χ4v) is 1.10. The number of nitrogens with zero attached hydrogens (tertiary/aromatic N) is 2. The summed E-state index contributed by atoms with van der Waals surface area (Å²) in [4.78, 5) is 11.2. The van der Waals surface area contributed by atoms with Crippen LogP contribution in [0.2, 0.25) is 0 Å². The minimum absolute atomic E-state index is 0.132. The molecular formula is C9H10N2O2. The van der Waals surface area contributed by atoms with E-state index in [-0.39, 0.29) is 17.0 Å². The number of hydrogen-bond donors (Lipinski definition) is 1. The molecule has 0 aliphatic rings. The van der Waals surface area contributed by atoms with Gasteiger partial charge in [-0.05, 0) is 12.5 Å². The summed E-state index contributed by atoms with van der Waals surface area (Å²) in [7, 11) is 0. The van der Waals surface area contributed by atoms with Gasteiger partial charge in [0.15, 0.2) is 0 Å². The lowest BCUT2D eigenvalue weighted by atomic mass is 10.3. The topological polar surface area (TPSA) is 66.0 Å². The number of pyridine rings is 1. The Hall–Kier alpha value is -1.76. The molecule has 0 unspecified atom stereocenters. The third-order valence-corrected chi connectivity index (χ3v) is 1.72. The van der Waals surface area contributed by atoms with E-state index in [1.54, 1.807) is 0 Å². The van der Waals surface area contributed by atoms with Crippen LogP contribution in [0.3, 0.4) is 0 Å². The quantitative estimate of drug-likeness (QED) is 0.729. The highest BCUT2D eigenvalue weighted by Crippen LogP contribution is 2.12. The van der Waals surface area contributed by atoms with Crippen LogP contribution in [0.5, 0.6) is 5.88 Å². The molecule has 0 aliphatic carbocycles. The zero-order valence-corrected chi connectivity index (χ0v) is 7.32. The molecule has 68 valence electrons. The van der Waals surface area contributed by atoms with Gasteiger partial charge in [0.1, 0.15) is 11.6 Å². The largest absolute Gasteiger partial charge is 0.493 e. The zero-order chi connectivity index (χ0) is 9.84. The van der Waals surface area contributed by atoms with Crippen molar-refractivity contribution in [3.63, 3.8) is 0 Å². The highest BCUT2D eigenvalue weighted by molar-refractivity contribution is 5.37. The third kappa shape index (κ3) is 1.70. The van der Waals surface area contributed by atoms with Crippen molar-refractivity contribution in [3.8, 4) is 11.9 Å². The van der Waals surface area contributed by atoms with Crippen molar-refractivity contribution in [2.24, 2.45) is 0 Å². The molecule has 1 aromatic heterocycles. The predicted molar refractivity (Wildman–Crippen MR) is 47.4 cm³/mol. The summed E-state index contributed by atoms with van der Waals surface area (Å²) in [6.07, 6.45) is 0.738. The van der Waals surface area contributed by atoms with Crippen molar-refractivity contribution in [1.29, 1.82) is 5.26 Å². The first-order valence-corrected chi connectivity index (χ1v) is 4.03. The Balaban J connectivity index is 3.32. The van der Waals surface area contributed by atoms with E-state index in [4.69, 9.17) is 5.26 Å². The average Bonchev–Trinajstić information content (AvgIpc) is 2.12. The molecule has 4 nitrogen and oxygen atoms in total. The zero-order valence-electron chi connectivity index (χ0n) is 7.32. The van der Waals surface area contributed by atoms with Gasteiger partial charge in [-0.15, -0.1) is 0 Å². The molecule has 0 amide bonds. The van der Waals surface area contributed by atoms with E-state index in [1.165, 1.54) is 16.7 Å². The maximum atomic E-state index is 11.2. The summed E-state index contributed by atoms with van der Waals surface area (Å²) in [5, 5.41) is 18.0. The molecule has 0 bridgehead atoms. The van der Waals surface area contributed by atoms with E-state index in [1.807, 2.05) is 13.0 Å². The Kier molecular flexibility index (Phi) is 2.70. The standard InChI is InChI=1S/C9H10N2O2/c1-2-5-11-8(12)4-3-7(6-10)9(11)13/h3-4,13H,2,5H2,1H3. The first kappa shape index (κ1) is 9.33. The van der Waals surface area contributed by atoms with Crippen LogP contribution >= 0.6 is 0 Å². The summed E-state index contributed by atoms with van der Waals surface area (Å²) >= 11 is 0. The van der Waals surface area contributed by atoms with E-state index < -0.39 is 0 Å². The molecule has 0 radical (unpaired) electrons. The number of rotatable bonds is 2. The summed E-state index contributed by atoms with van der Waals surface area (Å²) < 4.78 is 1.19. The van der Waals surface area contributed by atoms with Crippen LogP contribution in [0.15, 0.2) is 16.9 Å². The van der Waals surface area contributed by atoms with Crippen molar-refractivity contribution in [2.75, 3.05) is 0 Å². The third-order valence-electron chi connectivity index (χ3n) is 1.72.